The van der Waals surface area contributed by atoms with E-state index in [-0.39, 0.29) is 19.7 Å². The van der Waals surface area contributed by atoms with Crippen molar-refractivity contribution >= 4 is 18.0 Å². The normalized spacial score (nSPS) is 19.7. The van der Waals surface area contributed by atoms with Crippen LogP contribution in [0, 0.1) is 0 Å². The fourth-order valence-electron chi connectivity index (χ4n) is 1.51. The van der Waals surface area contributed by atoms with Crippen molar-refractivity contribution < 1.29 is 29.0 Å². The summed E-state index contributed by atoms with van der Waals surface area (Å²) in [6, 6.07) is -0.551. The van der Waals surface area contributed by atoms with Crippen LogP contribution in [-0.4, -0.2) is 66.4 Å². The van der Waals surface area contributed by atoms with Crippen LogP contribution in [-0.2, 0) is 19.1 Å². The van der Waals surface area contributed by atoms with Crippen LogP contribution in [0.25, 0.3) is 0 Å². The number of methoxy groups -OCH3 is 1. The van der Waals surface area contributed by atoms with E-state index >= 15 is 0 Å². The molecule has 0 radical (unpaired) electrons. The summed E-state index contributed by atoms with van der Waals surface area (Å²) in [7, 11) is 1.23. The monoisotopic (exact) mass is 274 g/mol. The van der Waals surface area contributed by atoms with Crippen LogP contribution < -0.4 is 5.32 Å². The Morgan fingerprint density at radius 2 is 2.05 bits per heavy atom. The minimum atomic E-state index is -1.38. The van der Waals surface area contributed by atoms with Gasteiger partial charge in [-0.2, -0.15) is 0 Å². The smallest absolute Gasteiger partial charge is 0.336 e. The fraction of sp³-hybridized carbons (Fsp3) is 0.727. The number of nitrogens with one attached hydrogen (secondary N) is 1. The first-order valence-corrected chi connectivity index (χ1v) is 5.78. The number of carboxylic acids is 1. The largest absolute Gasteiger partial charge is 0.480 e. The topological polar surface area (TPSA) is 105 Å². The van der Waals surface area contributed by atoms with E-state index in [9.17, 15) is 14.4 Å². The van der Waals surface area contributed by atoms with Gasteiger partial charge in [-0.1, -0.05) is 0 Å². The molecule has 1 aliphatic heterocycles. The highest BCUT2D eigenvalue weighted by atomic mass is 16.6. The predicted molar refractivity (Wildman–Crippen MR) is 63.6 cm³/mol. The number of carboxylic acid groups (broad SMARTS) is 1. The molecule has 2 N–H and O–H groups in total. The molecule has 0 spiro atoms. The Balaban J connectivity index is 2.62. The van der Waals surface area contributed by atoms with Crippen LogP contribution >= 0.6 is 0 Å². The van der Waals surface area contributed by atoms with Gasteiger partial charge in [0.2, 0.25) is 0 Å². The number of carbonyl (C=O) groups excluding carboxylic acids is 2. The molecule has 108 valence electrons. The first-order chi connectivity index (χ1) is 8.77. The Labute approximate surface area is 110 Å². The molecule has 1 rings (SSSR count). The molecule has 0 aromatic rings. The van der Waals surface area contributed by atoms with Crippen molar-refractivity contribution in [3.63, 3.8) is 0 Å². The molecule has 1 saturated heterocycles. The Kier molecular flexibility index (Phi) is 4.71. The van der Waals surface area contributed by atoms with Gasteiger partial charge in [0, 0.05) is 6.54 Å². The summed E-state index contributed by atoms with van der Waals surface area (Å²) in [5.74, 6) is -1.70. The molecule has 2 amide bonds. The summed E-state index contributed by atoms with van der Waals surface area (Å²) >= 11 is 0. The highest BCUT2D eigenvalue weighted by Crippen LogP contribution is 2.09. The third-order valence-corrected chi connectivity index (χ3v) is 2.77. The van der Waals surface area contributed by atoms with Crippen LogP contribution in [0.15, 0.2) is 0 Å². The Bertz CT molecular complexity index is 381. The highest BCUT2D eigenvalue weighted by molar-refractivity contribution is 5.86. The Morgan fingerprint density at radius 1 is 1.42 bits per heavy atom. The number of urea groups is 1. The number of carbonyl (C=O) groups is 3. The summed E-state index contributed by atoms with van der Waals surface area (Å²) in [5, 5.41) is 11.3. The maximum Gasteiger partial charge on any atom is 0.336 e. The van der Waals surface area contributed by atoms with Crippen molar-refractivity contribution in [1.82, 2.24) is 10.2 Å². The number of esters is 1. The van der Waals surface area contributed by atoms with Gasteiger partial charge in [0.05, 0.1) is 20.3 Å². The number of nitrogens with zero attached hydrogens (tertiary/aromatic N) is 1. The lowest BCUT2D eigenvalue weighted by atomic mass is 10.1. The highest BCUT2D eigenvalue weighted by Gasteiger charge is 2.34. The van der Waals surface area contributed by atoms with Gasteiger partial charge in [-0.25, -0.2) is 14.4 Å². The van der Waals surface area contributed by atoms with Crippen molar-refractivity contribution in [2.75, 3.05) is 26.8 Å². The lowest BCUT2D eigenvalue weighted by Crippen LogP contribution is -2.58. The number of aliphatic carboxylic acids is 1. The predicted octanol–water partition coefficient (Wildman–Crippen LogP) is -0.567. The summed E-state index contributed by atoms with van der Waals surface area (Å²) in [4.78, 5) is 35.5. The molecule has 1 heterocycles. The Morgan fingerprint density at radius 3 is 2.58 bits per heavy atom. The van der Waals surface area contributed by atoms with E-state index in [4.69, 9.17) is 9.84 Å². The molecular weight excluding hydrogens is 256 g/mol. The SMILES string of the molecule is COC(=O)C1CN(C(=O)NC(C)(C)C(=O)O)CCO1. The molecule has 0 aromatic carbocycles. The molecule has 8 heteroatoms. The van der Waals surface area contributed by atoms with E-state index in [1.54, 1.807) is 0 Å². The quantitative estimate of drug-likeness (QED) is 0.668. The average molecular weight is 274 g/mol. The molecule has 8 nitrogen and oxygen atoms in total. The summed E-state index contributed by atoms with van der Waals surface area (Å²) < 4.78 is 9.72. The van der Waals surface area contributed by atoms with Crippen LogP contribution in [0.1, 0.15) is 13.8 Å². The lowest BCUT2D eigenvalue weighted by molar-refractivity contribution is -0.158. The molecule has 0 saturated carbocycles. The maximum absolute atomic E-state index is 11.9. The number of rotatable bonds is 3. The zero-order chi connectivity index (χ0) is 14.6. The van der Waals surface area contributed by atoms with E-state index in [0.717, 1.165) is 0 Å². The molecule has 1 atom stereocenters. The zero-order valence-electron chi connectivity index (χ0n) is 11.1. The number of amides is 2. The first kappa shape index (κ1) is 15.2. The Hall–Kier alpha value is -1.83. The summed E-state index contributed by atoms with van der Waals surface area (Å²) in [5.41, 5.74) is -1.38. The van der Waals surface area contributed by atoms with Gasteiger partial charge in [-0.05, 0) is 13.8 Å². The van der Waals surface area contributed by atoms with Crippen molar-refractivity contribution in [1.29, 1.82) is 0 Å². The van der Waals surface area contributed by atoms with Gasteiger partial charge in [-0.15, -0.1) is 0 Å². The fourth-order valence-corrected chi connectivity index (χ4v) is 1.51. The molecular formula is C11H18N2O6. The van der Waals surface area contributed by atoms with E-state index in [2.05, 4.69) is 10.1 Å². The summed E-state index contributed by atoms with van der Waals surface area (Å²) in [6.45, 7) is 3.28. The third kappa shape index (κ3) is 3.82. The van der Waals surface area contributed by atoms with Crippen molar-refractivity contribution in [2.24, 2.45) is 0 Å². The number of morpholine rings is 1. The second-order valence-electron chi connectivity index (χ2n) is 4.69. The second kappa shape index (κ2) is 5.87. The molecule has 1 aliphatic rings. The average Bonchev–Trinajstić information content (AvgIpc) is 2.37. The van der Waals surface area contributed by atoms with Crippen molar-refractivity contribution in [2.45, 2.75) is 25.5 Å². The van der Waals surface area contributed by atoms with Crippen molar-refractivity contribution in [3.05, 3.63) is 0 Å². The van der Waals surface area contributed by atoms with E-state index in [1.807, 2.05) is 0 Å². The number of hydrogen-bond donors (Lipinski definition) is 2. The zero-order valence-corrected chi connectivity index (χ0v) is 11.1. The van der Waals surface area contributed by atoms with Crippen molar-refractivity contribution in [3.8, 4) is 0 Å². The van der Waals surface area contributed by atoms with Crippen LogP contribution in [0.2, 0.25) is 0 Å². The van der Waals surface area contributed by atoms with Crippen LogP contribution in [0.4, 0.5) is 4.79 Å². The maximum atomic E-state index is 11.9. The van der Waals surface area contributed by atoms with Crippen LogP contribution in [0.3, 0.4) is 0 Å². The van der Waals surface area contributed by atoms with Gasteiger partial charge in [0.25, 0.3) is 0 Å². The minimum absolute atomic E-state index is 0.0359. The molecule has 0 bridgehead atoms. The lowest BCUT2D eigenvalue weighted by Gasteiger charge is -2.33. The second-order valence-corrected chi connectivity index (χ2v) is 4.69. The molecule has 0 aliphatic carbocycles. The van der Waals surface area contributed by atoms with Crippen LogP contribution in [0.5, 0.6) is 0 Å². The molecule has 19 heavy (non-hydrogen) atoms. The minimum Gasteiger partial charge on any atom is -0.480 e. The van der Waals surface area contributed by atoms with E-state index < -0.39 is 29.6 Å². The van der Waals surface area contributed by atoms with E-state index in [1.165, 1.54) is 25.9 Å². The van der Waals surface area contributed by atoms with E-state index in [0.29, 0.717) is 0 Å². The summed E-state index contributed by atoms with van der Waals surface area (Å²) in [6.07, 6.45) is -0.836. The van der Waals surface area contributed by atoms with Gasteiger partial charge in [0.15, 0.2) is 6.10 Å². The van der Waals surface area contributed by atoms with Gasteiger partial charge >= 0.3 is 18.0 Å². The van der Waals surface area contributed by atoms with Gasteiger partial charge < -0.3 is 24.8 Å². The molecule has 1 unspecified atom stereocenters. The van der Waals surface area contributed by atoms with Gasteiger partial charge in [-0.3, -0.25) is 0 Å². The third-order valence-electron chi connectivity index (χ3n) is 2.77. The van der Waals surface area contributed by atoms with Gasteiger partial charge in [0.1, 0.15) is 5.54 Å². The standard InChI is InChI=1S/C11H18N2O6/c1-11(2,9(15)16)12-10(17)13-4-5-19-7(6-13)8(14)18-3/h7H,4-6H2,1-3H3,(H,12,17)(H,15,16). The number of hydrogen-bond acceptors (Lipinski definition) is 5. The molecule has 0 aromatic heterocycles. The molecule has 1 fully saturated rings. The first-order valence-electron chi connectivity index (χ1n) is 5.78. The number of ether oxygens (including phenoxy) is 2.